The minimum atomic E-state index is -3.48. The summed E-state index contributed by atoms with van der Waals surface area (Å²) in [6, 6.07) is 5.40. The quantitative estimate of drug-likeness (QED) is 0.598. The fourth-order valence-electron chi connectivity index (χ4n) is 4.59. The van der Waals surface area contributed by atoms with Gasteiger partial charge in [0, 0.05) is 42.1 Å². The van der Waals surface area contributed by atoms with Gasteiger partial charge in [0.1, 0.15) is 0 Å². The first kappa shape index (κ1) is 22.2. The van der Waals surface area contributed by atoms with Crippen LogP contribution < -0.4 is 10.6 Å². The van der Waals surface area contributed by atoms with Gasteiger partial charge in [-0.25, -0.2) is 18.4 Å². The number of benzene rings is 1. The third-order valence-electron chi connectivity index (χ3n) is 6.01. The SMILES string of the molecule is Cc1nc(N2CCn3c(cc4cc(CO)c(S(C)(=O)=O)cc43)[C@@H]2C(C)C)ncc1C(N)=O. The zero-order valence-corrected chi connectivity index (χ0v) is 19.3. The van der Waals surface area contributed by atoms with Crippen molar-refractivity contribution in [2.75, 3.05) is 17.7 Å². The lowest BCUT2D eigenvalue weighted by Crippen LogP contribution is -2.41. The minimum absolute atomic E-state index is 0.0609. The summed E-state index contributed by atoms with van der Waals surface area (Å²) in [7, 11) is -3.48. The molecule has 1 aromatic carbocycles. The van der Waals surface area contributed by atoms with Crippen molar-refractivity contribution in [2.45, 2.75) is 44.9 Å². The summed E-state index contributed by atoms with van der Waals surface area (Å²) >= 11 is 0. The van der Waals surface area contributed by atoms with Crippen LogP contribution in [0.4, 0.5) is 5.95 Å². The van der Waals surface area contributed by atoms with E-state index in [9.17, 15) is 18.3 Å². The predicted molar refractivity (Wildman–Crippen MR) is 121 cm³/mol. The number of carbonyl (C=O) groups is 1. The van der Waals surface area contributed by atoms with Crippen LogP contribution in [0.5, 0.6) is 0 Å². The highest BCUT2D eigenvalue weighted by atomic mass is 32.2. The van der Waals surface area contributed by atoms with Gasteiger partial charge < -0.3 is 20.3 Å². The molecule has 10 heteroatoms. The van der Waals surface area contributed by atoms with Gasteiger partial charge in [-0.05, 0) is 36.6 Å². The molecule has 3 aromatic rings. The van der Waals surface area contributed by atoms with Crippen LogP contribution in [0.1, 0.15) is 47.2 Å². The second-order valence-electron chi connectivity index (χ2n) is 8.59. The fourth-order valence-corrected chi connectivity index (χ4v) is 5.51. The van der Waals surface area contributed by atoms with Crippen molar-refractivity contribution < 1.29 is 18.3 Å². The molecular weight excluding hydrogens is 430 g/mol. The first-order chi connectivity index (χ1) is 15.0. The van der Waals surface area contributed by atoms with Gasteiger partial charge in [-0.2, -0.15) is 0 Å². The Bertz CT molecular complexity index is 1330. The number of rotatable bonds is 5. The van der Waals surface area contributed by atoms with Gasteiger partial charge >= 0.3 is 0 Å². The van der Waals surface area contributed by atoms with Crippen molar-refractivity contribution in [1.82, 2.24) is 14.5 Å². The highest BCUT2D eigenvalue weighted by Gasteiger charge is 2.33. The molecule has 0 saturated heterocycles. The molecular formula is C22H27N5O4S. The minimum Gasteiger partial charge on any atom is -0.392 e. The molecule has 0 spiro atoms. The van der Waals surface area contributed by atoms with E-state index < -0.39 is 15.7 Å². The Kier molecular flexibility index (Phi) is 5.46. The molecule has 4 rings (SSSR count). The van der Waals surface area contributed by atoms with E-state index in [1.54, 1.807) is 19.1 Å². The molecule has 0 aliphatic carbocycles. The lowest BCUT2D eigenvalue weighted by molar-refractivity contribution is 0.0999. The second kappa shape index (κ2) is 7.86. The predicted octanol–water partition coefficient (Wildman–Crippen LogP) is 1.95. The number of carbonyl (C=O) groups excluding carboxylic acids is 1. The number of aliphatic hydroxyl groups excluding tert-OH is 1. The van der Waals surface area contributed by atoms with Crippen LogP contribution >= 0.6 is 0 Å². The maximum atomic E-state index is 12.3. The Labute approximate surface area is 186 Å². The van der Waals surface area contributed by atoms with Gasteiger partial charge in [-0.1, -0.05) is 13.8 Å². The number of hydrogen-bond acceptors (Lipinski definition) is 7. The molecule has 0 unspecified atom stereocenters. The number of hydrogen-bond donors (Lipinski definition) is 2. The fraction of sp³-hybridized carbons (Fsp3) is 0.409. The summed E-state index contributed by atoms with van der Waals surface area (Å²) in [6.45, 7) is 6.83. The van der Waals surface area contributed by atoms with Crippen molar-refractivity contribution in [1.29, 1.82) is 0 Å². The Morgan fingerprint density at radius 3 is 2.56 bits per heavy atom. The van der Waals surface area contributed by atoms with E-state index in [0.29, 0.717) is 35.9 Å². The Hall–Kier alpha value is -2.98. The standard InChI is InChI=1S/C22H27N5O4S/c1-12(2)20-18-8-14-7-15(11-28)19(32(4,30)31)9-17(14)26(18)5-6-27(20)22-24-10-16(21(23)29)13(3)25-22/h7-10,12,20,28H,5-6,11H2,1-4H3,(H2,23,29)/t20-/m0/s1. The van der Waals surface area contributed by atoms with Gasteiger partial charge in [-0.3, -0.25) is 4.79 Å². The summed E-state index contributed by atoms with van der Waals surface area (Å²) in [5.41, 5.74) is 8.46. The molecule has 0 bridgehead atoms. The van der Waals surface area contributed by atoms with E-state index in [-0.39, 0.29) is 23.5 Å². The van der Waals surface area contributed by atoms with Gasteiger partial charge in [0.2, 0.25) is 5.95 Å². The summed E-state index contributed by atoms with van der Waals surface area (Å²) in [4.78, 5) is 22.8. The normalized spacial score (nSPS) is 16.6. The molecule has 170 valence electrons. The molecule has 1 aliphatic rings. The van der Waals surface area contributed by atoms with E-state index in [0.717, 1.165) is 22.9 Å². The number of aromatic nitrogens is 3. The number of sulfone groups is 1. The number of amides is 1. The summed E-state index contributed by atoms with van der Waals surface area (Å²) in [5, 5.41) is 10.6. The van der Waals surface area contributed by atoms with E-state index in [2.05, 4.69) is 33.3 Å². The topological polar surface area (TPSA) is 131 Å². The third kappa shape index (κ3) is 3.63. The number of anilines is 1. The van der Waals surface area contributed by atoms with Gasteiger partial charge in [0.05, 0.1) is 28.8 Å². The lowest BCUT2D eigenvalue weighted by Gasteiger charge is -2.39. The Balaban J connectivity index is 1.86. The van der Waals surface area contributed by atoms with E-state index >= 15 is 0 Å². The molecule has 0 saturated carbocycles. The number of nitrogens with zero attached hydrogens (tertiary/aromatic N) is 4. The van der Waals surface area contributed by atoms with Gasteiger partial charge in [-0.15, -0.1) is 0 Å². The second-order valence-corrected chi connectivity index (χ2v) is 10.6. The smallest absolute Gasteiger partial charge is 0.252 e. The average Bonchev–Trinajstić information content (AvgIpc) is 3.08. The third-order valence-corrected chi connectivity index (χ3v) is 7.19. The Morgan fingerprint density at radius 1 is 1.28 bits per heavy atom. The van der Waals surface area contributed by atoms with Crippen molar-refractivity contribution in [2.24, 2.45) is 11.7 Å². The monoisotopic (exact) mass is 457 g/mol. The van der Waals surface area contributed by atoms with Crippen LogP contribution in [-0.4, -0.2) is 46.8 Å². The van der Waals surface area contributed by atoms with Gasteiger partial charge in [0.15, 0.2) is 9.84 Å². The molecule has 2 aromatic heterocycles. The zero-order valence-electron chi connectivity index (χ0n) is 18.5. The number of aliphatic hydroxyl groups is 1. The molecule has 3 N–H and O–H groups in total. The van der Waals surface area contributed by atoms with Gasteiger partial charge in [0.25, 0.3) is 5.91 Å². The molecule has 0 radical (unpaired) electrons. The molecule has 1 amide bonds. The van der Waals surface area contributed by atoms with Crippen LogP contribution in [-0.2, 0) is 23.0 Å². The maximum absolute atomic E-state index is 12.3. The van der Waals surface area contributed by atoms with E-state index in [1.807, 2.05) is 6.07 Å². The largest absolute Gasteiger partial charge is 0.392 e. The van der Waals surface area contributed by atoms with Crippen LogP contribution in [0, 0.1) is 12.8 Å². The van der Waals surface area contributed by atoms with Crippen LogP contribution in [0.25, 0.3) is 10.9 Å². The number of nitrogens with two attached hydrogens (primary N) is 1. The van der Waals surface area contributed by atoms with E-state index in [1.165, 1.54) is 6.20 Å². The number of fused-ring (bicyclic) bond motifs is 3. The van der Waals surface area contributed by atoms with Crippen molar-refractivity contribution >= 4 is 32.6 Å². The highest BCUT2D eigenvalue weighted by Crippen LogP contribution is 2.39. The van der Waals surface area contributed by atoms with E-state index in [4.69, 9.17) is 5.73 Å². The molecule has 3 heterocycles. The first-order valence-corrected chi connectivity index (χ1v) is 12.3. The maximum Gasteiger partial charge on any atom is 0.252 e. The van der Waals surface area contributed by atoms with Crippen LogP contribution in [0.15, 0.2) is 29.3 Å². The number of primary amides is 1. The lowest BCUT2D eigenvalue weighted by atomic mass is 9.97. The van der Waals surface area contributed by atoms with Crippen LogP contribution in [0.3, 0.4) is 0 Å². The average molecular weight is 458 g/mol. The summed E-state index contributed by atoms with van der Waals surface area (Å²) < 4.78 is 26.7. The molecule has 0 fully saturated rings. The number of aryl methyl sites for hydroxylation is 1. The molecule has 1 aliphatic heterocycles. The molecule has 32 heavy (non-hydrogen) atoms. The van der Waals surface area contributed by atoms with Crippen LogP contribution in [0.2, 0.25) is 0 Å². The van der Waals surface area contributed by atoms with Crippen molar-refractivity contribution in [3.63, 3.8) is 0 Å². The Morgan fingerprint density at radius 2 is 2.00 bits per heavy atom. The highest BCUT2D eigenvalue weighted by molar-refractivity contribution is 7.90. The zero-order chi connectivity index (χ0) is 23.4. The molecule has 9 nitrogen and oxygen atoms in total. The first-order valence-electron chi connectivity index (χ1n) is 10.4. The van der Waals surface area contributed by atoms with Crippen molar-refractivity contribution in [3.05, 3.63) is 46.9 Å². The summed E-state index contributed by atoms with van der Waals surface area (Å²) in [6.07, 6.45) is 2.62. The summed E-state index contributed by atoms with van der Waals surface area (Å²) in [5.74, 6) is 0.162. The molecule has 1 atom stereocenters. The van der Waals surface area contributed by atoms with Crippen molar-refractivity contribution in [3.8, 4) is 0 Å².